The summed E-state index contributed by atoms with van der Waals surface area (Å²) >= 11 is 1.66. The van der Waals surface area contributed by atoms with Crippen LogP contribution >= 0.6 is 11.3 Å². The maximum Gasteiger partial charge on any atom is 0.229 e. The van der Waals surface area contributed by atoms with Gasteiger partial charge in [-0.05, 0) is 77.9 Å². The number of benzene rings is 3. The molecule has 0 saturated carbocycles. The van der Waals surface area contributed by atoms with Gasteiger partial charge in [0.2, 0.25) is 10.0 Å². The average Bonchev–Trinajstić information content (AvgIpc) is 3.58. The van der Waals surface area contributed by atoms with Crippen molar-refractivity contribution < 1.29 is 13.2 Å². The van der Waals surface area contributed by atoms with Crippen molar-refractivity contribution in [2.45, 2.75) is 32.8 Å². The van der Waals surface area contributed by atoms with Gasteiger partial charge in [-0.3, -0.25) is 4.72 Å². The Morgan fingerprint density at radius 3 is 2.62 bits per heavy atom. The van der Waals surface area contributed by atoms with E-state index >= 15 is 0 Å². The number of anilines is 1. The molecule has 1 atom stereocenters. The molecule has 0 radical (unpaired) electrons. The molecule has 0 amide bonds. The number of hydrogen-bond donors (Lipinski definition) is 2. The molecule has 39 heavy (non-hydrogen) atoms. The highest BCUT2D eigenvalue weighted by molar-refractivity contribution is 7.92. The number of fused-ring (bicyclic) bond motifs is 1. The van der Waals surface area contributed by atoms with Crippen molar-refractivity contribution in [3.63, 3.8) is 0 Å². The molecule has 0 fully saturated rings. The van der Waals surface area contributed by atoms with Gasteiger partial charge in [-0.2, -0.15) is 5.21 Å². The van der Waals surface area contributed by atoms with Gasteiger partial charge < -0.3 is 4.74 Å². The van der Waals surface area contributed by atoms with Crippen molar-refractivity contribution >= 4 is 37.1 Å². The number of aryl methyl sites for hydroxylation is 1. The number of rotatable bonds is 9. The molecule has 3 aromatic carbocycles. The first-order valence-electron chi connectivity index (χ1n) is 12.3. The first kappa shape index (κ1) is 26.4. The van der Waals surface area contributed by atoms with Gasteiger partial charge in [-0.25, -0.2) is 8.42 Å². The van der Waals surface area contributed by atoms with E-state index in [-0.39, 0.29) is 5.92 Å². The minimum atomic E-state index is -3.36. The summed E-state index contributed by atoms with van der Waals surface area (Å²) in [5.41, 5.74) is 5.79. The van der Waals surface area contributed by atoms with Crippen LogP contribution in [0.1, 0.15) is 35.4 Å². The molecule has 5 aromatic rings. The maximum atomic E-state index is 11.7. The van der Waals surface area contributed by atoms with E-state index in [1.54, 1.807) is 17.4 Å². The fraction of sp³-hybridized carbons (Fsp3) is 0.207. The highest BCUT2D eigenvalue weighted by Gasteiger charge is 2.14. The zero-order valence-electron chi connectivity index (χ0n) is 21.7. The summed E-state index contributed by atoms with van der Waals surface area (Å²) in [6.45, 7) is 4.26. The standard InChI is InChI=1S/C29H27N5O3S2/c1-4-5-22(15-29-30-33-34-31-29)21-8-11-24(12-9-21)37-17-20-7-13-28-26(14-20)27(18-38-28)25-16-23(10-6-19(25)2)32-39(3,35)36/h6-14,16,18,22,32H,15,17H2,1-3H3,(H,30,31,33,34)/t22-/m0/s1. The molecular weight excluding hydrogens is 530 g/mol. The largest absolute Gasteiger partial charge is 0.489 e. The predicted molar refractivity (Wildman–Crippen MR) is 155 cm³/mol. The van der Waals surface area contributed by atoms with E-state index < -0.39 is 10.0 Å². The molecule has 8 nitrogen and oxygen atoms in total. The Balaban J connectivity index is 1.33. The smallest absolute Gasteiger partial charge is 0.229 e. The normalized spacial score (nSPS) is 12.1. The third kappa shape index (κ3) is 6.45. The van der Waals surface area contributed by atoms with Crippen molar-refractivity contribution in [2.75, 3.05) is 11.0 Å². The van der Waals surface area contributed by atoms with Crippen LogP contribution < -0.4 is 9.46 Å². The lowest BCUT2D eigenvalue weighted by atomic mass is 9.96. The lowest BCUT2D eigenvalue weighted by Crippen LogP contribution is -2.09. The molecule has 2 N–H and O–H groups in total. The molecule has 2 aromatic heterocycles. The van der Waals surface area contributed by atoms with E-state index in [0.717, 1.165) is 49.9 Å². The molecule has 198 valence electrons. The van der Waals surface area contributed by atoms with Gasteiger partial charge >= 0.3 is 0 Å². The van der Waals surface area contributed by atoms with Crippen molar-refractivity contribution in [1.29, 1.82) is 0 Å². The minimum Gasteiger partial charge on any atom is -0.489 e. The Kier molecular flexibility index (Phi) is 7.63. The molecule has 0 spiro atoms. The van der Waals surface area contributed by atoms with E-state index in [0.29, 0.717) is 24.5 Å². The summed E-state index contributed by atoms with van der Waals surface area (Å²) in [4.78, 5) is 0. The van der Waals surface area contributed by atoms with Crippen LogP contribution in [0.5, 0.6) is 5.75 Å². The fourth-order valence-corrected chi connectivity index (χ4v) is 5.90. The average molecular weight is 558 g/mol. The lowest BCUT2D eigenvalue weighted by molar-refractivity contribution is 0.306. The summed E-state index contributed by atoms with van der Waals surface area (Å²) in [5.74, 6) is 7.57. The summed E-state index contributed by atoms with van der Waals surface area (Å²) in [7, 11) is -3.36. The molecule has 0 unspecified atom stereocenters. The Bertz CT molecular complexity index is 1770. The maximum absolute atomic E-state index is 11.7. The van der Waals surface area contributed by atoms with Crippen molar-refractivity contribution in [3.05, 3.63) is 88.6 Å². The molecular formula is C29H27N5O3S2. The van der Waals surface area contributed by atoms with Crippen LogP contribution in [0.3, 0.4) is 0 Å². The van der Waals surface area contributed by atoms with Crippen molar-refractivity contribution in [3.8, 4) is 28.7 Å². The van der Waals surface area contributed by atoms with Gasteiger partial charge in [-0.15, -0.1) is 27.5 Å². The highest BCUT2D eigenvalue weighted by atomic mass is 32.2. The van der Waals surface area contributed by atoms with E-state index in [1.807, 2.05) is 50.2 Å². The number of aromatic amines is 1. The minimum absolute atomic E-state index is 0.0318. The Morgan fingerprint density at radius 2 is 1.90 bits per heavy atom. The topological polar surface area (TPSA) is 110 Å². The van der Waals surface area contributed by atoms with E-state index in [1.165, 1.54) is 0 Å². The summed E-state index contributed by atoms with van der Waals surface area (Å²) in [5, 5.41) is 17.4. The monoisotopic (exact) mass is 557 g/mol. The number of nitrogens with one attached hydrogen (secondary N) is 2. The second-order valence-electron chi connectivity index (χ2n) is 9.22. The zero-order chi connectivity index (χ0) is 27.4. The van der Waals surface area contributed by atoms with Crippen LogP contribution in [0.15, 0.2) is 66.0 Å². The number of thiophene rings is 1. The Morgan fingerprint density at radius 1 is 1.08 bits per heavy atom. The van der Waals surface area contributed by atoms with E-state index in [4.69, 9.17) is 4.74 Å². The molecule has 0 bridgehead atoms. The quantitative estimate of drug-likeness (QED) is 0.225. The third-order valence-corrected chi connectivity index (χ3v) is 7.82. The lowest BCUT2D eigenvalue weighted by Gasteiger charge is -2.12. The van der Waals surface area contributed by atoms with Crippen molar-refractivity contribution in [1.82, 2.24) is 20.6 Å². The molecule has 2 heterocycles. The molecule has 0 saturated heterocycles. The zero-order valence-corrected chi connectivity index (χ0v) is 23.4. The van der Waals surface area contributed by atoms with Gasteiger partial charge in [0.05, 0.1) is 12.2 Å². The van der Waals surface area contributed by atoms with Gasteiger partial charge in [0.25, 0.3) is 0 Å². The van der Waals surface area contributed by atoms with Crippen LogP contribution in [-0.4, -0.2) is 35.3 Å². The highest BCUT2D eigenvalue weighted by Crippen LogP contribution is 2.37. The van der Waals surface area contributed by atoms with Crippen LogP contribution in [-0.2, 0) is 23.1 Å². The van der Waals surface area contributed by atoms with Crippen LogP contribution in [0.25, 0.3) is 21.2 Å². The van der Waals surface area contributed by atoms with Crippen LogP contribution in [0.2, 0.25) is 0 Å². The molecule has 0 aliphatic rings. The SMILES string of the molecule is CC#C[C@@H](Cc1nn[nH]n1)c1ccc(OCc2ccc3scc(-c4cc(NS(C)(=O)=O)ccc4C)c3c2)cc1. The fourth-order valence-electron chi connectivity index (χ4n) is 4.41. The number of H-pyrrole nitrogens is 1. The summed E-state index contributed by atoms with van der Waals surface area (Å²) in [6.07, 6.45) is 1.73. The first-order valence-corrected chi connectivity index (χ1v) is 15.0. The number of ether oxygens (including phenoxy) is 1. The second kappa shape index (κ2) is 11.3. The summed E-state index contributed by atoms with van der Waals surface area (Å²) in [6, 6.07) is 19.9. The first-order chi connectivity index (χ1) is 18.8. The summed E-state index contributed by atoms with van der Waals surface area (Å²) < 4.78 is 33.3. The number of aromatic nitrogens is 4. The molecule has 5 rings (SSSR count). The van der Waals surface area contributed by atoms with E-state index in [2.05, 4.69) is 60.8 Å². The number of tetrazole rings is 1. The molecule has 10 heteroatoms. The van der Waals surface area contributed by atoms with Gasteiger partial charge in [-0.1, -0.05) is 35.4 Å². The number of hydrogen-bond acceptors (Lipinski definition) is 7. The van der Waals surface area contributed by atoms with Crippen molar-refractivity contribution in [2.24, 2.45) is 0 Å². The van der Waals surface area contributed by atoms with E-state index in [9.17, 15) is 8.42 Å². The Labute approximate surface area is 231 Å². The van der Waals surface area contributed by atoms with Gasteiger partial charge in [0.1, 0.15) is 12.4 Å². The van der Waals surface area contributed by atoms with Gasteiger partial charge in [0, 0.05) is 27.8 Å². The second-order valence-corrected chi connectivity index (χ2v) is 11.9. The third-order valence-electron chi connectivity index (χ3n) is 6.25. The number of sulfonamides is 1. The van der Waals surface area contributed by atoms with Crippen LogP contribution in [0.4, 0.5) is 5.69 Å². The van der Waals surface area contributed by atoms with Gasteiger partial charge in [0.15, 0.2) is 5.82 Å². The Hall–Kier alpha value is -4.20. The molecule has 0 aliphatic heterocycles. The number of nitrogens with zero attached hydrogens (tertiary/aromatic N) is 3. The van der Waals surface area contributed by atoms with Crippen LogP contribution in [0, 0.1) is 18.8 Å². The predicted octanol–water partition coefficient (Wildman–Crippen LogP) is 5.69. The molecule has 0 aliphatic carbocycles.